The molecule has 0 spiro atoms. The lowest BCUT2D eigenvalue weighted by atomic mass is 9.86. The van der Waals surface area contributed by atoms with Gasteiger partial charge in [-0.3, -0.25) is 0 Å². The minimum atomic E-state index is 0.242. The van der Waals surface area contributed by atoms with Crippen molar-refractivity contribution in [1.29, 1.82) is 0 Å². The van der Waals surface area contributed by atoms with Crippen molar-refractivity contribution in [2.45, 2.75) is 19.4 Å². The Hall–Kier alpha value is -2.74. The molecule has 0 aliphatic carbocycles. The van der Waals surface area contributed by atoms with Crippen molar-refractivity contribution in [1.82, 2.24) is 0 Å². The van der Waals surface area contributed by atoms with Crippen LogP contribution in [0.4, 0.5) is 5.69 Å². The number of nitrogens with one attached hydrogen (secondary N) is 1. The van der Waals surface area contributed by atoms with Crippen LogP contribution in [0.15, 0.2) is 66.7 Å². The summed E-state index contributed by atoms with van der Waals surface area (Å²) in [5.41, 5.74) is 7.77. The zero-order valence-corrected chi connectivity index (χ0v) is 14.0. The number of anilines is 1. The van der Waals surface area contributed by atoms with Crippen LogP contribution in [0, 0.1) is 6.92 Å². The number of para-hydroxylation sites is 1. The molecule has 0 saturated heterocycles. The number of hydrogen-bond acceptors (Lipinski definition) is 2. The second-order valence-electron chi connectivity index (χ2n) is 6.33. The number of aryl methyl sites for hydroxylation is 1. The van der Waals surface area contributed by atoms with Gasteiger partial charge in [-0.2, -0.15) is 0 Å². The second kappa shape index (κ2) is 6.04. The molecule has 3 aromatic carbocycles. The molecule has 4 rings (SSSR count). The van der Waals surface area contributed by atoms with E-state index in [4.69, 9.17) is 4.74 Å². The largest absolute Gasteiger partial charge is 0.497 e. The van der Waals surface area contributed by atoms with Gasteiger partial charge in [0.05, 0.1) is 13.2 Å². The Morgan fingerprint density at radius 1 is 0.917 bits per heavy atom. The fraction of sp³-hybridized carbons (Fsp3) is 0.182. The molecule has 1 N–H and O–H groups in total. The minimum Gasteiger partial charge on any atom is -0.497 e. The van der Waals surface area contributed by atoms with Gasteiger partial charge in [0.2, 0.25) is 0 Å². The Balaban J connectivity index is 1.81. The topological polar surface area (TPSA) is 21.3 Å². The minimum absolute atomic E-state index is 0.242. The summed E-state index contributed by atoms with van der Waals surface area (Å²) in [6.45, 7) is 2.18. The Morgan fingerprint density at radius 2 is 1.71 bits per heavy atom. The van der Waals surface area contributed by atoms with E-state index in [0.717, 1.165) is 12.2 Å². The molecule has 0 unspecified atom stereocenters. The van der Waals surface area contributed by atoms with E-state index in [9.17, 15) is 0 Å². The number of rotatable bonds is 3. The second-order valence-corrected chi connectivity index (χ2v) is 6.33. The van der Waals surface area contributed by atoms with E-state index >= 15 is 0 Å². The first-order valence-corrected chi connectivity index (χ1v) is 8.34. The van der Waals surface area contributed by atoms with Crippen molar-refractivity contribution in [3.05, 3.63) is 83.4 Å². The van der Waals surface area contributed by atoms with Gasteiger partial charge in [-0.25, -0.2) is 0 Å². The first-order chi connectivity index (χ1) is 11.8. The highest BCUT2D eigenvalue weighted by molar-refractivity contribution is 5.84. The molecule has 1 aliphatic rings. The molecule has 2 nitrogen and oxygen atoms in total. The standard InChI is InChI=1S/C22H21NO/c1-15-7-3-4-8-16(15)13-22-20-14-17(24-2)11-12-18(20)19-9-5-6-10-21(19)23-22/h3-12,14,22-23H,13H2,1-2H3/t22-/m1/s1. The van der Waals surface area contributed by atoms with Gasteiger partial charge in [-0.15, -0.1) is 0 Å². The first kappa shape index (κ1) is 14.8. The third-order valence-corrected chi connectivity index (χ3v) is 4.87. The molecule has 120 valence electrons. The zero-order valence-electron chi connectivity index (χ0n) is 14.0. The highest BCUT2D eigenvalue weighted by Crippen LogP contribution is 2.42. The number of fused-ring (bicyclic) bond motifs is 3. The third kappa shape index (κ3) is 2.54. The highest BCUT2D eigenvalue weighted by Gasteiger charge is 2.24. The van der Waals surface area contributed by atoms with Gasteiger partial charge in [-0.1, -0.05) is 48.5 Å². The van der Waals surface area contributed by atoms with Crippen LogP contribution in [0.1, 0.15) is 22.7 Å². The maximum absolute atomic E-state index is 5.46. The van der Waals surface area contributed by atoms with E-state index < -0.39 is 0 Å². The van der Waals surface area contributed by atoms with Gasteiger partial charge >= 0.3 is 0 Å². The molecule has 24 heavy (non-hydrogen) atoms. The van der Waals surface area contributed by atoms with Crippen LogP contribution in [-0.4, -0.2) is 7.11 Å². The van der Waals surface area contributed by atoms with Crippen LogP contribution in [0.25, 0.3) is 11.1 Å². The lowest BCUT2D eigenvalue weighted by Gasteiger charge is -2.30. The quantitative estimate of drug-likeness (QED) is 0.700. The number of benzene rings is 3. The maximum atomic E-state index is 5.46. The molecule has 3 aromatic rings. The van der Waals surface area contributed by atoms with Crippen molar-refractivity contribution < 1.29 is 4.74 Å². The normalized spacial score (nSPS) is 15.2. The van der Waals surface area contributed by atoms with Crippen LogP contribution in [-0.2, 0) is 6.42 Å². The molecule has 2 heteroatoms. The van der Waals surface area contributed by atoms with Crippen molar-refractivity contribution in [2.75, 3.05) is 12.4 Å². The Bertz CT molecular complexity index is 885. The Morgan fingerprint density at radius 3 is 2.54 bits per heavy atom. The molecule has 0 amide bonds. The molecule has 0 fully saturated rings. The van der Waals surface area contributed by atoms with E-state index in [1.807, 2.05) is 6.07 Å². The Kier molecular flexibility index (Phi) is 3.73. The summed E-state index contributed by atoms with van der Waals surface area (Å²) in [4.78, 5) is 0. The third-order valence-electron chi connectivity index (χ3n) is 4.87. The predicted molar refractivity (Wildman–Crippen MR) is 99.7 cm³/mol. The molecule has 1 atom stereocenters. The monoisotopic (exact) mass is 315 g/mol. The average molecular weight is 315 g/mol. The fourth-order valence-corrected chi connectivity index (χ4v) is 3.53. The molecule has 0 radical (unpaired) electrons. The molecular formula is C22H21NO. The van der Waals surface area contributed by atoms with Crippen molar-refractivity contribution in [2.24, 2.45) is 0 Å². The smallest absolute Gasteiger partial charge is 0.119 e. The Labute approximate surface area is 143 Å². The van der Waals surface area contributed by atoms with Crippen LogP contribution in [0.2, 0.25) is 0 Å². The summed E-state index contributed by atoms with van der Waals surface area (Å²) in [7, 11) is 1.72. The summed E-state index contributed by atoms with van der Waals surface area (Å²) in [6.07, 6.45) is 0.959. The summed E-state index contributed by atoms with van der Waals surface area (Å²) < 4.78 is 5.46. The van der Waals surface area contributed by atoms with E-state index in [1.54, 1.807) is 7.11 Å². The number of ether oxygens (including phenoxy) is 1. The van der Waals surface area contributed by atoms with Crippen molar-refractivity contribution in [3.8, 4) is 16.9 Å². The van der Waals surface area contributed by atoms with Gasteiger partial charge in [0.1, 0.15) is 5.75 Å². The summed E-state index contributed by atoms with van der Waals surface area (Å²) >= 11 is 0. The van der Waals surface area contributed by atoms with Gasteiger partial charge in [0.25, 0.3) is 0 Å². The molecule has 0 saturated carbocycles. The number of methoxy groups -OCH3 is 1. The summed E-state index contributed by atoms with van der Waals surface area (Å²) in [5.74, 6) is 0.907. The SMILES string of the molecule is COc1ccc2c(c1)[C@@H](Cc1ccccc1C)Nc1ccccc1-2. The van der Waals surface area contributed by atoms with Crippen LogP contribution in [0.3, 0.4) is 0 Å². The van der Waals surface area contributed by atoms with Gasteiger partial charge < -0.3 is 10.1 Å². The number of hydrogen-bond donors (Lipinski definition) is 1. The van der Waals surface area contributed by atoms with E-state index in [0.29, 0.717) is 0 Å². The lowest BCUT2D eigenvalue weighted by molar-refractivity contribution is 0.414. The molecule has 0 bridgehead atoms. The molecule has 0 aromatic heterocycles. The average Bonchev–Trinajstić information content (AvgIpc) is 2.63. The van der Waals surface area contributed by atoms with Gasteiger partial charge in [-0.05, 0) is 53.8 Å². The summed E-state index contributed by atoms with van der Waals surface area (Å²) in [5, 5.41) is 3.72. The lowest BCUT2D eigenvalue weighted by Crippen LogP contribution is -2.19. The predicted octanol–water partition coefficient (Wildman–Crippen LogP) is 5.38. The van der Waals surface area contributed by atoms with Crippen LogP contribution < -0.4 is 10.1 Å². The van der Waals surface area contributed by atoms with Crippen molar-refractivity contribution in [3.63, 3.8) is 0 Å². The molecular weight excluding hydrogens is 294 g/mol. The van der Waals surface area contributed by atoms with E-state index in [-0.39, 0.29) is 6.04 Å². The van der Waals surface area contributed by atoms with E-state index in [1.165, 1.54) is 33.5 Å². The molecule has 1 aliphatic heterocycles. The zero-order chi connectivity index (χ0) is 16.5. The van der Waals surface area contributed by atoms with Crippen LogP contribution in [0.5, 0.6) is 5.75 Å². The molecule has 1 heterocycles. The van der Waals surface area contributed by atoms with Crippen LogP contribution >= 0.6 is 0 Å². The van der Waals surface area contributed by atoms with Gasteiger partial charge in [0.15, 0.2) is 0 Å². The highest BCUT2D eigenvalue weighted by atomic mass is 16.5. The van der Waals surface area contributed by atoms with Crippen molar-refractivity contribution >= 4 is 5.69 Å². The fourth-order valence-electron chi connectivity index (χ4n) is 3.53. The maximum Gasteiger partial charge on any atom is 0.119 e. The van der Waals surface area contributed by atoms with Gasteiger partial charge in [0, 0.05) is 11.3 Å². The first-order valence-electron chi connectivity index (χ1n) is 8.34. The summed E-state index contributed by atoms with van der Waals surface area (Å²) in [6, 6.07) is 23.8. The van der Waals surface area contributed by atoms with E-state index in [2.05, 4.69) is 72.9 Å².